The standard InChI is InChI=1S/C12H23N3/c1-6-12(8(2)3)14-9(4)11-7-13-15-10(11)5/h7-9,12,14H,6H2,1-5H3,(H,13,15). The molecule has 2 atom stereocenters. The van der Waals surface area contributed by atoms with Gasteiger partial charge < -0.3 is 5.32 Å². The predicted octanol–water partition coefficient (Wildman–Crippen LogP) is 2.80. The molecule has 0 aliphatic carbocycles. The maximum absolute atomic E-state index is 4.06. The largest absolute Gasteiger partial charge is 0.307 e. The first-order valence-electron chi connectivity index (χ1n) is 5.82. The summed E-state index contributed by atoms with van der Waals surface area (Å²) in [5.41, 5.74) is 2.43. The summed E-state index contributed by atoms with van der Waals surface area (Å²) in [4.78, 5) is 0. The first-order chi connectivity index (χ1) is 7.06. The molecule has 1 aromatic heterocycles. The molecule has 1 aromatic rings. The second kappa shape index (κ2) is 5.31. The molecule has 0 spiro atoms. The van der Waals surface area contributed by atoms with Crippen LogP contribution in [0.1, 0.15) is 51.4 Å². The summed E-state index contributed by atoms with van der Waals surface area (Å²) in [5, 5.41) is 10.7. The Kier molecular flexibility index (Phi) is 4.33. The van der Waals surface area contributed by atoms with E-state index in [2.05, 4.69) is 50.1 Å². The van der Waals surface area contributed by atoms with Crippen molar-refractivity contribution in [1.29, 1.82) is 0 Å². The average Bonchev–Trinajstić information content (AvgIpc) is 2.60. The Hall–Kier alpha value is -0.830. The van der Waals surface area contributed by atoms with Crippen LogP contribution in [-0.2, 0) is 0 Å². The summed E-state index contributed by atoms with van der Waals surface area (Å²) in [5.74, 6) is 0.671. The summed E-state index contributed by atoms with van der Waals surface area (Å²) >= 11 is 0. The molecule has 0 aromatic carbocycles. The minimum Gasteiger partial charge on any atom is -0.307 e. The number of aromatic nitrogens is 2. The molecule has 86 valence electrons. The SMILES string of the molecule is CCC(NC(C)c1cn[nH]c1C)C(C)C. The Labute approximate surface area is 92.7 Å². The third-order valence-electron chi connectivity index (χ3n) is 3.04. The van der Waals surface area contributed by atoms with Gasteiger partial charge in [-0.05, 0) is 26.2 Å². The lowest BCUT2D eigenvalue weighted by molar-refractivity contribution is 0.355. The highest BCUT2D eigenvalue weighted by Gasteiger charge is 2.16. The van der Waals surface area contributed by atoms with Gasteiger partial charge in [0.25, 0.3) is 0 Å². The number of nitrogens with one attached hydrogen (secondary N) is 2. The smallest absolute Gasteiger partial charge is 0.0537 e. The fourth-order valence-electron chi connectivity index (χ4n) is 1.99. The van der Waals surface area contributed by atoms with E-state index in [1.54, 1.807) is 0 Å². The van der Waals surface area contributed by atoms with Crippen molar-refractivity contribution in [3.05, 3.63) is 17.5 Å². The maximum Gasteiger partial charge on any atom is 0.0537 e. The average molecular weight is 209 g/mol. The Morgan fingerprint density at radius 3 is 2.47 bits per heavy atom. The van der Waals surface area contributed by atoms with Crippen LogP contribution in [0.2, 0.25) is 0 Å². The lowest BCUT2D eigenvalue weighted by Gasteiger charge is -2.25. The third kappa shape index (κ3) is 3.06. The van der Waals surface area contributed by atoms with Gasteiger partial charge in [-0.2, -0.15) is 5.10 Å². The maximum atomic E-state index is 4.06. The van der Waals surface area contributed by atoms with Crippen LogP contribution in [0, 0.1) is 12.8 Å². The molecule has 0 bridgehead atoms. The third-order valence-corrected chi connectivity index (χ3v) is 3.04. The number of H-pyrrole nitrogens is 1. The van der Waals surface area contributed by atoms with Gasteiger partial charge in [-0.3, -0.25) is 5.10 Å². The molecule has 2 unspecified atom stereocenters. The highest BCUT2D eigenvalue weighted by Crippen LogP contribution is 2.17. The second-order valence-corrected chi connectivity index (χ2v) is 4.60. The summed E-state index contributed by atoms with van der Waals surface area (Å²) in [6, 6.07) is 0.949. The van der Waals surface area contributed by atoms with E-state index < -0.39 is 0 Å². The number of hydrogen-bond acceptors (Lipinski definition) is 2. The summed E-state index contributed by atoms with van der Waals surface area (Å²) in [6.45, 7) is 11.0. The molecule has 0 fully saturated rings. The van der Waals surface area contributed by atoms with Gasteiger partial charge in [-0.1, -0.05) is 20.8 Å². The fourth-order valence-corrected chi connectivity index (χ4v) is 1.99. The van der Waals surface area contributed by atoms with Gasteiger partial charge in [-0.25, -0.2) is 0 Å². The Morgan fingerprint density at radius 1 is 1.40 bits per heavy atom. The molecule has 2 N–H and O–H groups in total. The number of hydrogen-bond donors (Lipinski definition) is 2. The normalized spacial score (nSPS) is 15.6. The quantitative estimate of drug-likeness (QED) is 0.783. The van der Waals surface area contributed by atoms with Crippen LogP contribution in [0.25, 0.3) is 0 Å². The van der Waals surface area contributed by atoms with Crippen molar-refractivity contribution >= 4 is 0 Å². The lowest BCUT2D eigenvalue weighted by Crippen LogP contribution is -2.35. The molecule has 0 saturated heterocycles. The molecule has 3 heteroatoms. The van der Waals surface area contributed by atoms with E-state index in [9.17, 15) is 0 Å². The van der Waals surface area contributed by atoms with Crippen LogP contribution in [0.4, 0.5) is 0 Å². The molecular formula is C12H23N3. The minimum atomic E-state index is 0.371. The molecule has 0 radical (unpaired) electrons. The van der Waals surface area contributed by atoms with Gasteiger partial charge in [0.15, 0.2) is 0 Å². The van der Waals surface area contributed by atoms with Gasteiger partial charge >= 0.3 is 0 Å². The summed E-state index contributed by atoms with van der Waals surface area (Å²) in [6.07, 6.45) is 3.08. The van der Waals surface area contributed by atoms with Crippen molar-refractivity contribution in [2.24, 2.45) is 5.92 Å². The Bertz CT molecular complexity index is 291. The Balaban J connectivity index is 2.62. The predicted molar refractivity (Wildman–Crippen MR) is 63.8 cm³/mol. The van der Waals surface area contributed by atoms with Crippen molar-refractivity contribution in [3.63, 3.8) is 0 Å². The van der Waals surface area contributed by atoms with Gasteiger partial charge in [0, 0.05) is 23.3 Å². The number of rotatable bonds is 5. The zero-order valence-corrected chi connectivity index (χ0v) is 10.5. The van der Waals surface area contributed by atoms with Crippen LogP contribution >= 0.6 is 0 Å². The summed E-state index contributed by atoms with van der Waals surface area (Å²) in [7, 11) is 0. The molecule has 0 amide bonds. The van der Waals surface area contributed by atoms with Crippen LogP contribution in [-0.4, -0.2) is 16.2 Å². The van der Waals surface area contributed by atoms with Crippen molar-refractivity contribution in [3.8, 4) is 0 Å². The molecule has 15 heavy (non-hydrogen) atoms. The summed E-state index contributed by atoms with van der Waals surface area (Å²) < 4.78 is 0. The van der Waals surface area contributed by atoms with Crippen LogP contribution in [0.5, 0.6) is 0 Å². The monoisotopic (exact) mass is 209 g/mol. The minimum absolute atomic E-state index is 0.371. The van der Waals surface area contributed by atoms with E-state index in [1.165, 1.54) is 12.0 Å². The number of aromatic amines is 1. The van der Waals surface area contributed by atoms with Crippen molar-refractivity contribution in [2.45, 2.75) is 53.1 Å². The zero-order chi connectivity index (χ0) is 11.4. The van der Waals surface area contributed by atoms with Crippen LogP contribution in [0.3, 0.4) is 0 Å². The highest BCUT2D eigenvalue weighted by molar-refractivity contribution is 5.18. The topological polar surface area (TPSA) is 40.7 Å². The fraction of sp³-hybridized carbons (Fsp3) is 0.750. The van der Waals surface area contributed by atoms with E-state index in [-0.39, 0.29) is 0 Å². The first kappa shape index (κ1) is 12.2. The highest BCUT2D eigenvalue weighted by atomic mass is 15.1. The second-order valence-electron chi connectivity index (χ2n) is 4.60. The van der Waals surface area contributed by atoms with Crippen molar-refractivity contribution in [2.75, 3.05) is 0 Å². The van der Waals surface area contributed by atoms with E-state index in [1.807, 2.05) is 6.20 Å². The van der Waals surface area contributed by atoms with Gasteiger partial charge in [0.1, 0.15) is 0 Å². The molecule has 0 aliphatic heterocycles. The van der Waals surface area contributed by atoms with Gasteiger partial charge in [0.2, 0.25) is 0 Å². The Morgan fingerprint density at radius 2 is 2.07 bits per heavy atom. The van der Waals surface area contributed by atoms with E-state index in [0.717, 1.165) is 5.69 Å². The van der Waals surface area contributed by atoms with E-state index in [0.29, 0.717) is 18.0 Å². The first-order valence-corrected chi connectivity index (χ1v) is 5.82. The van der Waals surface area contributed by atoms with Gasteiger partial charge in [-0.15, -0.1) is 0 Å². The van der Waals surface area contributed by atoms with Crippen molar-refractivity contribution < 1.29 is 0 Å². The lowest BCUT2D eigenvalue weighted by atomic mass is 9.99. The zero-order valence-electron chi connectivity index (χ0n) is 10.5. The molecule has 0 aliphatic rings. The van der Waals surface area contributed by atoms with E-state index >= 15 is 0 Å². The van der Waals surface area contributed by atoms with E-state index in [4.69, 9.17) is 0 Å². The van der Waals surface area contributed by atoms with Crippen LogP contribution < -0.4 is 5.32 Å². The number of nitrogens with zero attached hydrogens (tertiary/aromatic N) is 1. The molecule has 1 heterocycles. The number of aryl methyl sites for hydroxylation is 1. The van der Waals surface area contributed by atoms with Crippen molar-refractivity contribution in [1.82, 2.24) is 15.5 Å². The molecule has 3 nitrogen and oxygen atoms in total. The molecular weight excluding hydrogens is 186 g/mol. The van der Waals surface area contributed by atoms with Gasteiger partial charge in [0.05, 0.1) is 6.20 Å². The van der Waals surface area contributed by atoms with Crippen LogP contribution in [0.15, 0.2) is 6.20 Å². The molecule has 0 saturated carbocycles. The molecule has 1 rings (SSSR count).